The van der Waals surface area contributed by atoms with Crippen molar-refractivity contribution in [2.45, 2.75) is 32.9 Å². The van der Waals surface area contributed by atoms with Crippen molar-refractivity contribution in [3.8, 4) is 0 Å². The van der Waals surface area contributed by atoms with Gasteiger partial charge in [0.05, 0.1) is 0 Å². The lowest BCUT2D eigenvalue weighted by Crippen LogP contribution is -2.16. The van der Waals surface area contributed by atoms with Crippen LogP contribution in [0.3, 0.4) is 0 Å². The molecule has 0 heterocycles. The lowest BCUT2D eigenvalue weighted by molar-refractivity contribution is 0.258. The van der Waals surface area contributed by atoms with Crippen molar-refractivity contribution in [3.05, 3.63) is 23.8 Å². The Labute approximate surface area is 67.8 Å². The van der Waals surface area contributed by atoms with Gasteiger partial charge in [0.25, 0.3) is 0 Å². The molecule has 1 atom stereocenters. The van der Waals surface area contributed by atoms with Crippen LogP contribution in [-0.2, 0) is 0 Å². The van der Waals surface area contributed by atoms with Gasteiger partial charge in [0.2, 0.25) is 0 Å². The van der Waals surface area contributed by atoms with E-state index < -0.39 is 5.67 Å². The van der Waals surface area contributed by atoms with Gasteiger partial charge in [0.1, 0.15) is 5.67 Å². The average molecular weight is 154 g/mol. The van der Waals surface area contributed by atoms with E-state index >= 15 is 0 Å². The summed E-state index contributed by atoms with van der Waals surface area (Å²) in [6.07, 6.45) is 6.07. The molecule has 1 aliphatic carbocycles. The van der Waals surface area contributed by atoms with Gasteiger partial charge < -0.3 is 0 Å². The fraction of sp³-hybridized carbons (Fsp3) is 0.600. The van der Waals surface area contributed by atoms with Crippen molar-refractivity contribution in [2.75, 3.05) is 0 Å². The van der Waals surface area contributed by atoms with Gasteiger partial charge in [-0.05, 0) is 24.5 Å². The first-order valence-electron chi connectivity index (χ1n) is 4.09. The minimum absolute atomic E-state index is 0.516. The minimum Gasteiger partial charge on any atom is -0.239 e. The molecule has 0 aliphatic heterocycles. The molecule has 0 aromatic carbocycles. The molecular formula is C10H15F. The fourth-order valence-corrected chi connectivity index (χ4v) is 1.15. The molecule has 0 saturated heterocycles. The van der Waals surface area contributed by atoms with Crippen LogP contribution < -0.4 is 0 Å². The molecule has 1 rings (SSSR count). The summed E-state index contributed by atoms with van der Waals surface area (Å²) in [6, 6.07) is 0. The third kappa shape index (κ3) is 2.18. The van der Waals surface area contributed by atoms with E-state index in [1.165, 1.54) is 5.57 Å². The summed E-state index contributed by atoms with van der Waals surface area (Å²) >= 11 is 0. The summed E-state index contributed by atoms with van der Waals surface area (Å²) in [5.74, 6) is 0.516. The minimum atomic E-state index is -1.11. The normalized spacial score (nSPS) is 30.8. The molecule has 62 valence electrons. The second-order valence-corrected chi connectivity index (χ2v) is 3.67. The third-order valence-electron chi connectivity index (χ3n) is 2.03. The molecular weight excluding hydrogens is 139 g/mol. The first kappa shape index (κ1) is 8.51. The molecule has 1 unspecified atom stereocenters. The average Bonchev–Trinajstić information content (AvgIpc) is 1.86. The Morgan fingerprint density at radius 1 is 1.55 bits per heavy atom. The second kappa shape index (κ2) is 2.80. The van der Waals surface area contributed by atoms with E-state index in [4.69, 9.17) is 0 Å². The van der Waals surface area contributed by atoms with E-state index in [1.807, 2.05) is 12.2 Å². The van der Waals surface area contributed by atoms with Crippen molar-refractivity contribution >= 4 is 0 Å². The summed E-state index contributed by atoms with van der Waals surface area (Å²) in [4.78, 5) is 0. The topological polar surface area (TPSA) is 0 Å². The zero-order valence-corrected chi connectivity index (χ0v) is 7.39. The van der Waals surface area contributed by atoms with E-state index in [-0.39, 0.29) is 0 Å². The Bertz CT molecular complexity index is 197. The van der Waals surface area contributed by atoms with E-state index in [1.54, 1.807) is 13.0 Å². The molecule has 0 fully saturated rings. The van der Waals surface area contributed by atoms with Gasteiger partial charge in [0, 0.05) is 6.42 Å². The molecule has 0 aromatic heterocycles. The summed E-state index contributed by atoms with van der Waals surface area (Å²) in [7, 11) is 0. The van der Waals surface area contributed by atoms with Crippen LogP contribution in [0.2, 0.25) is 0 Å². The van der Waals surface area contributed by atoms with Crippen LogP contribution >= 0.6 is 0 Å². The van der Waals surface area contributed by atoms with Crippen LogP contribution in [0.25, 0.3) is 0 Å². The van der Waals surface area contributed by atoms with E-state index in [0.717, 1.165) is 0 Å². The number of hydrogen-bond donors (Lipinski definition) is 0. The number of rotatable bonds is 1. The van der Waals surface area contributed by atoms with Crippen LogP contribution in [0.4, 0.5) is 4.39 Å². The number of hydrogen-bond acceptors (Lipinski definition) is 0. The predicted molar refractivity (Wildman–Crippen MR) is 46.2 cm³/mol. The fourth-order valence-electron chi connectivity index (χ4n) is 1.15. The number of halogens is 1. The highest BCUT2D eigenvalue weighted by Gasteiger charge is 2.21. The Hall–Kier alpha value is -0.590. The summed E-state index contributed by atoms with van der Waals surface area (Å²) in [5, 5.41) is 0. The SMILES string of the molecule is CC(C)C1=CCC(C)(F)C=C1. The van der Waals surface area contributed by atoms with Crippen LogP contribution in [-0.4, -0.2) is 5.67 Å². The lowest BCUT2D eigenvalue weighted by Gasteiger charge is -2.20. The molecule has 0 spiro atoms. The Morgan fingerprint density at radius 2 is 2.18 bits per heavy atom. The highest BCUT2D eigenvalue weighted by atomic mass is 19.1. The van der Waals surface area contributed by atoms with Gasteiger partial charge >= 0.3 is 0 Å². The molecule has 11 heavy (non-hydrogen) atoms. The number of allylic oxidation sites excluding steroid dienone is 4. The first-order chi connectivity index (χ1) is 5.01. The van der Waals surface area contributed by atoms with Crippen molar-refractivity contribution in [1.82, 2.24) is 0 Å². The van der Waals surface area contributed by atoms with Gasteiger partial charge in [-0.25, -0.2) is 4.39 Å². The maximum absolute atomic E-state index is 13.2. The molecule has 0 N–H and O–H groups in total. The molecule has 0 bridgehead atoms. The zero-order valence-electron chi connectivity index (χ0n) is 7.39. The quantitative estimate of drug-likeness (QED) is 0.544. The summed E-state index contributed by atoms with van der Waals surface area (Å²) in [6.45, 7) is 5.85. The molecule has 0 radical (unpaired) electrons. The summed E-state index contributed by atoms with van der Waals surface area (Å²) in [5.41, 5.74) is 0.137. The monoisotopic (exact) mass is 154 g/mol. The lowest BCUT2D eigenvalue weighted by atomic mass is 9.91. The first-order valence-corrected chi connectivity index (χ1v) is 4.09. The maximum Gasteiger partial charge on any atom is 0.130 e. The molecule has 0 saturated carbocycles. The molecule has 0 aromatic rings. The highest BCUT2D eigenvalue weighted by Crippen LogP contribution is 2.26. The van der Waals surface area contributed by atoms with Crippen LogP contribution in [0.1, 0.15) is 27.2 Å². The Morgan fingerprint density at radius 3 is 2.55 bits per heavy atom. The van der Waals surface area contributed by atoms with Crippen molar-refractivity contribution in [3.63, 3.8) is 0 Å². The van der Waals surface area contributed by atoms with Gasteiger partial charge in [-0.1, -0.05) is 26.0 Å². The Kier molecular flexibility index (Phi) is 2.17. The molecule has 1 heteroatoms. The van der Waals surface area contributed by atoms with Gasteiger partial charge in [-0.15, -0.1) is 0 Å². The van der Waals surface area contributed by atoms with Gasteiger partial charge in [-0.3, -0.25) is 0 Å². The van der Waals surface area contributed by atoms with Crippen molar-refractivity contribution in [2.24, 2.45) is 5.92 Å². The predicted octanol–water partition coefficient (Wildman–Crippen LogP) is 3.26. The van der Waals surface area contributed by atoms with E-state index in [2.05, 4.69) is 13.8 Å². The zero-order chi connectivity index (χ0) is 8.48. The standard InChI is InChI=1S/C10H15F/c1-8(2)9-4-6-10(3,11)7-5-9/h4-6,8H,7H2,1-3H3. The van der Waals surface area contributed by atoms with Crippen LogP contribution in [0, 0.1) is 5.92 Å². The second-order valence-electron chi connectivity index (χ2n) is 3.67. The maximum atomic E-state index is 13.2. The smallest absolute Gasteiger partial charge is 0.130 e. The van der Waals surface area contributed by atoms with Gasteiger partial charge in [0.15, 0.2) is 0 Å². The van der Waals surface area contributed by atoms with Gasteiger partial charge in [-0.2, -0.15) is 0 Å². The molecule has 1 aliphatic rings. The Balaban J connectivity index is 2.68. The summed E-state index contributed by atoms with van der Waals surface area (Å²) < 4.78 is 13.2. The van der Waals surface area contributed by atoms with Crippen molar-refractivity contribution < 1.29 is 4.39 Å². The molecule has 0 nitrogen and oxygen atoms in total. The number of alkyl halides is 1. The third-order valence-corrected chi connectivity index (χ3v) is 2.03. The van der Waals surface area contributed by atoms with E-state index in [0.29, 0.717) is 12.3 Å². The van der Waals surface area contributed by atoms with Crippen molar-refractivity contribution in [1.29, 1.82) is 0 Å². The van der Waals surface area contributed by atoms with Crippen LogP contribution in [0.15, 0.2) is 23.8 Å². The van der Waals surface area contributed by atoms with E-state index in [9.17, 15) is 4.39 Å². The highest BCUT2D eigenvalue weighted by molar-refractivity contribution is 5.28. The van der Waals surface area contributed by atoms with Crippen LogP contribution in [0.5, 0.6) is 0 Å². The largest absolute Gasteiger partial charge is 0.239 e. The molecule has 0 amide bonds.